The van der Waals surface area contributed by atoms with Gasteiger partial charge in [-0.3, -0.25) is 14.5 Å². The lowest BCUT2D eigenvalue weighted by atomic mass is 9.39. The van der Waals surface area contributed by atoms with E-state index >= 15 is 0 Å². The summed E-state index contributed by atoms with van der Waals surface area (Å²) < 4.78 is 5.91. The Morgan fingerprint density at radius 1 is 1.28 bits per heavy atom. The molecule has 9 atom stereocenters. The Hall–Kier alpha value is -1.16. The van der Waals surface area contributed by atoms with E-state index in [0.717, 1.165) is 38.3 Å². The molecule has 7 rings (SSSR count). The first kappa shape index (κ1) is 18.6. The van der Waals surface area contributed by atoms with E-state index < -0.39 is 5.60 Å². The molecule has 1 aliphatic heterocycles. The molecule has 4 heteroatoms. The zero-order valence-electron chi connectivity index (χ0n) is 18.2. The average Bonchev–Trinajstić information content (AvgIpc) is 2.70. The van der Waals surface area contributed by atoms with Crippen LogP contribution < -0.4 is 0 Å². The molecule has 29 heavy (non-hydrogen) atoms. The first-order valence-corrected chi connectivity index (χ1v) is 11.8. The molecule has 0 radical (unpaired) electrons. The van der Waals surface area contributed by atoms with Gasteiger partial charge >= 0.3 is 5.97 Å². The minimum atomic E-state index is -0.603. The number of piperidine rings is 1. The van der Waals surface area contributed by atoms with Crippen LogP contribution in [-0.4, -0.2) is 41.4 Å². The first-order valence-electron chi connectivity index (χ1n) is 11.8. The maximum absolute atomic E-state index is 14.0. The second-order valence-corrected chi connectivity index (χ2v) is 11.9. The van der Waals surface area contributed by atoms with Crippen molar-refractivity contribution in [1.82, 2.24) is 4.90 Å². The number of ether oxygens (including phenoxy) is 1. The van der Waals surface area contributed by atoms with E-state index in [0.29, 0.717) is 28.6 Å². The van der Waals surface area contributed by atoms with Crippen LogP contribution in [0.4, 0.5) is 0 Å². The molecule has 0 aromatic rings. The summed E-state index contributed by atoms with van der Waals surface area (Å²) in [7, 11) is 0. The van der Waals surface area contributed by atoms with Crippen LogP contribution in [0.5, 0.6) is 0 Å². The molecule has 7 aliphatic rings. The normalized spacial score (nSPS) is 56.9. The van der Waals surface area contributed by atoms with E-state index in [1.165, 1.54) is 32.6 Å². The molecule has 6 saturated carbocycles. The first-order chi connectivity index (χ1) is 13.7. The predicted octanol–water partition coefficient (Wildman–Crippen LogP) is 3.99. The number of rotatable bonds is 3. The average molecular weight is 398 g/mol. The van der Waals surface area contributed by atoms with E-state index in [9.17, 15) is 9.59 Å². The number of hydrogen-bond acceptors (Lipinski definition) is 4. The zero-order valence-corrected chi connectivity index (χ0v) is 18.2. The third-order valence-electron chi connectivity index (χ3n) is 10.8. The van der Waals surface area contributed by atoms with Crippen molar-refractivity contribution in [2.75, 3.05) is 13.1 Å². The van der Waals surface area contributed by atoms with Crippen LogP contribution in [0.3, 0.4) is 0 Å². The van der Waals surface area contributed by atoms with Crippen molar-refractivity contribution in [3.05, 3.63) is 12.7 Å². The number of carbonyl (C=O) groups is 2. The van der Waals surface area contributed by atoms with Gasteiger partial charge in [-0.1, -0.05) is 19.4 Å². The molecular formula is C25H35NO3. The van der Waals surface area contributed by atoms with Gasteiger partial charge in [0, 0.05) is 32.0 Å². The van der Waals surface area contributed by atoms with Crippen LogP contribution in [0, 0.1) is 39.9 Å². The van der Waals surface area contributed by atoms with Gasteiger partial charge in [0.15, 0.2) is 0 Å². The zero-order chi connectivity index (χ0) is 20.4. The molecule has 4 nitrogen and oxygen atoms in total. The SMILES string of the molecule is C=CCN1CC2(C)CCCC34[C@@H]2CC[C@]25C[C@](C)(OC(C)=O)C(C[C@@H]32)C(=O)C5[C@@H]14. The van der Waals surface area contributed by atoms with Gasteiger partial charge in [0.05, 0.1) is 5.92 Å². The van der Waals surface area contributed by atoms with Gasteiger partial charge in [0.25, 0.3) is 0 Å². The fraction of sp³-hybridized carbons (Fsp3) is 0.840. The summed E-state index contributed by atoms with van der Waals surface area (Å²) in [5, 5.41) is 0. The maximum Gasteiger partial charge on any atom is 0.303 e. The lowest BCUT2D eigenvalue weighted by molar-refractivity contribution is -0.221. The van der Waals surface area contributed by atoms with Gasteiger partial charge in [-0.05, 0) is 73.5 Å². The monoisotopic (exact) mass is 397 g/mol. The molecule has 6 bridgehead atoms. The number of fused-ring (bicyclic) bond motifs is 1. The highest BCUT2D eigenvalue weighted by atomic mass is 16.6. The summed E-state index contributed by atoms with van der Waals surface area (Å²) in [5.41, 5.74) is 0.102. The van der Waals surface area contributed by atoms with Crippen molar-refractivity contribution in [2.45, 2.75) is 77.4 Å². The van der Waals surface area contributed by atoms with Gasteiger partial charge in [-0.25, -0.2) is 0 Å². The number of hydrogen-bond donors (Lipinski definition) is 0. The fourth-order valence-electron chi connectivity index (χ4n) is 10.7. The highest BCUT2D eigenvalue weighted by Crippen LogP contribution is 2.82. The van der Waals surface area contributed by atoms with Gasteiger partial charge in [0.1, 0.15) is 11.4 Å². The van der Waals surface area contributed by atoms with E-state index in [1.54, 1.807) is 0 Å². The molecule has 1 saturated heterocycles. The Balaban J connectivity index is 1.54. The molecule has 7 fully saturated rings. The second kappa shape index (κ2) is 5.36. The molecule has 0 N–H and O–H groups in total. The fourth-order valence-corrected chi connectivity index (χ4v) is 10.7. The number of carbonyl (C=O) groups excluding carboxylic acids is 2. The lowest BCUT2D eigenvalue weighted by Gasteiger charge is -2.68. The summed E-state index contributed by atoms with van der Waals surface area (Å²) in [6.07, 6.45) is 10.2. The predicted molar refractivity (Wildman–Crippen MR) is 110 cm³/mol. The molecule has 0 aromatic carbocycles. The van der Waals surface area contributed by atoms with Crippen molar-refractivity contribution in [1.29, 1.82) is 0 Å². The quantitative estimate of drug-likeness (QED) is 0.534. The van der Waals surface area contributed by atoms with E-state index in [4.69, 9.17) is 4.74 Å². The van der Waals surface area contributed by atoms with Crippen LogP contribution in [0.1, 0.15) is 65.7 Å². The number of ketones is 1. The number of Topliss-reactive ketones (excluding diaryl/α,β-unsaturated/α-hetero) is 1. The van der Waals surface area contributed by atoms with Crippen molar-refractivity contribution in [3.63, 3.8) is 0 Å². The molecule has 1 heterocycles. The number of nitrogens with zero attached hydrogens (tertiary/aromatic N) is 1. The van der Waals surface area contributed by atoms with E-state index in [1.807, 2.05) is 6.08 Å². The molecule has 0 amide bonds. The van der Waals surface area contributed by atoms with Crippen molar-refractivity contribution in [3.8, 4) is 0 Å². The standard InChI is InChI=1S/C25H35NO3/c1-5-11-26-14-22(3)8-6-9-25-17(22)7-10-24-13-23(4,29-15(2)27)16(12-18(24)25)20(28)19(24)21(25)26/h5,16-19,21H,1,6-14H2,2-4H3/t16?,17-,18-,19?,21-,22?,23+,24+,25?/m1/s1. The number of esters is 1. The van der Waals surface area contributed by atoms with E-state index in [-0.39, 0.29) is 23.2 Å². The van der Waals surface area contributed by atoms with Crippen LogP contribution in [0.15, 0.2) is 12.7 Å². The van der Waals surface area contributed by atoms with Crippen LogP contribution in [0.2, 0.25) is 0 Å². The third kappa shape index (κ3) is 1.88. The minimum absolute atomic E-state index is 0.0409. The molecular weight excluding hydrogens is 362 g/mol. The van der Waals surface area contributed by atoms with Gasteiger partial charge in [-0.15, -0.1) is 6.58 Å². The Labute approximate surface area is 174 Å². The Bertz CT molecular complexity index is 823. The van der Waals surface area contributed by atoms with Crippen molar-refractivity contribution in [2.24, 2.45) is 39.9 Å². The van der Waals surface area contributed by atoms with Gasteiger partial charge < -0.3 is 4.74 Å². The third-order valence-corrected chi connectivity index (χ3v) is 10.8. The van der Waals surface area contributed by atoms with Gasteiger partial charge in [-0.2, -0.15) is 0 Å². The lowest BCUT2D eigenvalue weighted by Crippen LogP contribution is -2.67. The summed E-state index contributed by atoms with van der Waals surface area (Å²) in [4.78, 5) is 28.6. The van der Waals surface area contributed by atoms with Crippen molar-refractivity contribution < 1.29 is 14.3 Å². The Morgan fingerprint density at radius 3 is 2.79 bits per heavy atom. The van der Waals surface area contributed by atoms with Crippen LogP contribution in [0.25, 0.3) is 0 Å². The maximum atomic E-state index is 14.0. The summed E-state index contributed by atoms with van der Waals surface area (Å²) in [6.45, 7) is 12.2. The van der Waals surface area contributed by atoms with Gasteiger partial charge in [0.2, 0.25) is 0 Å². The molecule has 2 spiro atoms. The summed E-state index contributed by atoms with van der Waals surface area (Å²) in [6, 6.07) is 0.380. The smallest absolute Gasteiger partial charge is 0.303 e. The molecule has 158 valence electrons. The topological polar surface area (TPSA) is 46.6 Å². The van der Waals surface area contributed by atoms with Crippen molar-refractivity contribution >= 4 is 11.8 Å². The highest BCUT2D eigenvalue weighted by Gasteiger charge is 2.83. The minimum Gasteiger partial charge on any atom is -0.459 e. The second-order valence-electron chi connectivity index (χ2n) is 11.9. The van der Waals surface area contributed by atoms with Crippen LogP contribution >= 0.6 is 0 Å². The molecule has 6 aliphatic carbocycles. The Morgan fingerprint density at radius 2 is 2.07 bits per heavy atom. The molecule has 0 aromatic heterocycles. The van der Waals surface area contributed by atoms with Crippen LogP contribution in [-0.2, 0) is 14.3 Å². The highest BCUT2D eigenvalue weighted by molar-refractivity contribution is 5.90. The largest absolute Gasteiger partial charge is 0.459 e. The molecule has 4 unspecified atom stereocenters. The Kier molecular flexibility index (Phi) is 3.44. The number of likely N-dealkylation sites (tertiary alicyclic amines) is 1. The summed E-state index contributed by atoms with van der Waals surface area (Å²) >= 11 is 0. The summed E-state index contributed by atoms with van der Waals surface area (Å²) in [5.74, 6) is 1.59. The van der Waals surface area contributed by atoms with E-state index in [2.05, 4.69) is 25.3 Å².